The number of nitrogens with zero attached hydrogens (tertiary/aromatic N) is 3. The Hall–Kier alpha value is -3.32. The summed E-state index contributed by atoms with van der Waals surface area (Å²) < 4.78 is 10.7. The minimum Gasteiger partial charge on any atom is -0.497 e. The summed E-state index contributed by atoms with van der Waals surface area (Å²) >= 11 is 0. The molecular formula is C22H25ClN4O5. The fraction of sp³-hybridized carbons (Fsp3) is 0.318. The predicted molar refractivity (Wildman–Crippen MR) is 120 cm³/mol. The Kier molecular flexibility index (Phi) is 8.84. The van der Waals surface area contributed by atoms with E-state index in [0.29, 0.717) is 22.7 Å². The van der Waals surface area contributed by atoms with Crippen molar-refractivity contribution in [3.8, 4) is 17.6 Å². The van der Waals surface area contributed by atoms with Gasteiger partial charge in [-0.3, -0.25) is 14.6 Å². The van der Waals surface area contributed by atoms with Gasteiger partial charge < -0.3 is 20.3 Å². The molecule has 2 atom stereocenters. The summed E-state index contributed by atoms with van der Waals surface area (Å²) in [5.41, 5.74) is 7.00. The molecule has 2 unspecified atom stereocenters. The average Bonchev–Trinajstić information content (AvgIpc) is 3.06. The molecule has 0 aromatic heterocycles. The number of halogens is 1. The third-order valence-corrected chi connectivity index (χ3v) is 4.85. The second-order valence-electron chi connectivity index (χ2n) is 7.14. The quantitative estimate of drug-likeness (QED) is 0.547. The maximum atomic E-state index is 12.7. The number of ether oxygens (including phenoxy) is 2. The Balaban J connectivity index is 0.00000363. The number of para-hydroxylation sites is 1. The number of imide groups is 1. The van der Waals surface area contributed by atoms with Crippen molar-refractivity contribution in [2.75, 3.05) is 31.7 Å². The molecule has 0 aliphatic carbocycles. The molecular weight excluding hydrogens is 436 g/mol. The number of hydrogen-bond acceptors (Lipinski definition) is 7. The molecule has 9 nitrogen and oxygen atoms in total. The number of benzene rings is 2. The lowest BCUT2D eigenvalue weighted by Crippen LogP contribution is -2.44. The molecule has 2 aromatic rings. The molecule has 1 fully saturated rings. The van der Waals surface area contributed by atoms with Crippen LogP contribution in [0.2, 0.25) is 0 Å². The van der Waals surface area contributed by atoms with Crippen LogP contribution in [0.5, 0.6) is 11.5 Å². The van der Waals surface area contributed by atoms with E-state index in [1.54, 1.807) is 48.5 Å². The van der Waals surface area contributed by atoms with Crippen LogP contribution in [0.15, 0.2) is 48.5 Å². The van der Waals surface area contributed by atoms with Crippen molar-refractivity contribution < 1.29 is 24.2 Å². The van der Waals surface area contributed by atoms with Crippen LogP contribution in [0.4, 0.5) is 10.5 Å². The maximum absolute atomic E-state index is 12.7. The van der Waals surface area contributed by atoms with Crippen molar-refractivity contribution in [2.45, 2.75) is 18.6 Å². The highest BCUT2D eigenvalue weighted by Gasteiger charge is 2.37. The summed E-state index contributed by atoms with van der Waals surface area (Å²) in [5, 5.41) is 19.3. The summed E-state index contributed by atoms with van der Waals surface area (Å²) in [6.07, 6.45) is -0.811. The first-order chi connectivity index (χ1) is 14.9. The smallest absolute Gasteiger partial charge is 0.331 e. The van der Waals surface area contributed by atoms with Crippen molar-refractivity contribution in [3.63, 3.8) is 0 Å². The van der Waals surface area contributed by atoms with Crippen molar-refractivity contribution in [3.05, 3.63) is 54.1 Å². The normalized spacial score (nSPS) is 15.1. The molecule has 1 aliphatic heterocycles. The predicted octanol–water partition coefficient (Wildman–Crippen LogP) is 1.91. The van der Waals surface area contributed by atoms with Crippen LogP contribution in [0.3, 0.4) is 0 Å². The van der Waals surface area contributed by atoms with E-state index in [4.69, 9.17) is 20.5 Å². The van der Waals surface area contributed by atoms with E-state index >= 15 is 0 Å². The summed E-state index contributed by atoms with van der Waals surface area (Å²) in [5.74, 6) is 0.586. The number of amides is 3. The van der Waals surface area contributed by atoms with Gasteiger partial charge in [-0.2, -0.15) is 5.26 Å². The van der Waals surface area contributed by atoms with E-state index in [-0.39, 0.29) is 44.4 Å². The largest absolute Gasteiger partial charge is 0.497 e. The third kappa shape index (κ3) is 5.88. The van der Waals surface area contributed by atoms with Gasteiger partial charge in [0.25, 0.3) is 5.91 Å². The monoisotopic (exact) mass is 460 g/mol. The molecule has 170 valence electrons. The second kappa shape index (κ2) is 11.3. The first-order valence-corrected chi connectivity index (χ1v) is 9.74. The molecule has 2 aromatic carbocycles. The summed E-state index contributed by atoms with van der Waals surface area (Å²) in [4.78, 5) is 27.6. The third-order valence-electron chi connectivity index (χ3n) is 4.85. The van der Waals surface area contributed by atoms with Gasteiger partial charge >= 0.3 is 6.03 Å². The number of nitrogens with two attached hydrogens (primary N) is 1. The number of anilines is 1. The molecule has 3 amide bonds. The highest BCUT2D eigenvalue weighted by atomic mass is 35.5. The summed E-state index contributed by atoms with van der Waals surface area (Å²) in [6, 6.07) is 14.5. The topological polar surface area (TPSA) is 129 Å². The maximum Gasteiger partial charge on any atom is 0.331 e. The van der Waals surface area contributed by atoms with E-state index < -0.39 is 18.2 Å². The van der Waals surface area contributed by atoms with Crippen LogP contribution in [-0.2, 0) is 4.79 Å². The van der Waals surface area contributed by atoms with Crippen molar-refractivity contribution in [1.82, 2.24) is 4.90 Å². The number of aliphatic hydroxyl groups is 1. The van der Waals surface area contributed by atoms with Crippen molar-refractivity contribution in [1.29, 1.82) is 5.26 Å². The standard InChI is InChI=1S/C22H24N4O5.ClH/c1-30-19-7-4-6-17(10-19)25-13-21(28)26(22(25)29)12-16(24)9-18(27)14-31-20-8-3-2-5-15(20)11-23;/h2-8,10,16,18,27H,9,12-14,24H2,1H3;1H. The zero-order chi connectivity index (χ0) is 22.4. The number of nitriles is 1. The molecule has 32 heavy (non-hydrogen) atoms. The fourth-order valence-corrected chi connectivity index (χ4v) is 3.30. The van der Waals surface area contributed by atoms with E-state index in [1.807, 2.05) is 6.07 Å². The number of rotatable bonds is 9. The highest BCUT2D eigenvalue weighted by molar-refractivity contribution is 6.12. The molecule has 0 spiro atoms. The minimum atomic E-state index is -0.927. The Bertz CT molecular complexity index is 996. The van der Waals surface area contributed by atoms with Gasteiger partial charge in [0.2, 0.25) is 0 Å². The number of hydrogen-bond donors (Lipinski definition) is 2. The SMILES string of the molecule is COc1cccc(N2CC(=O)N(CC(N)CC(O)COc3ccccc3C#N)C2=O)c1.Cl. The lowest BCUT2D eigenvalue weighted by atomic mass is 10.1. The van der Waals surface area contributed by atoms with E-state index in [9.17, 15) is 14.7 Å². The van der Waals surface area contributed by atoms with Crippen molar-refractivity contribution in [2.24, 2.45) is 5.73 Å². The minimum absolute atomic E-state index is 0. The van der Waals surface area contributed by atoms with Gasteiger partial charge in [-0.05, 0) is 30.7 Å². The van der Waals surface area contributed by atoms with Gasteiger partial charge in [0.05, 0.1) is 18.8 Å². The van der Waals surface area contributed by atoms with E-state index in [1.165, 1.54) is 12.0 Å². The molecule has 1 heterocycles. The van der Waals surface area contributed by atoms with E-state index in [0.717, 1.165) is 4.90 Å². The van der Waals surface area contributed by atoms with Gasteiger partial charge in [0, 0.05) is 24.3 Å². The van der Waals surface area contributed by atoms with Gasteiger partial charge in [0.15, 0.2) is 0 Å². The molecule has 1 saturated heterocycles. The Morgan fingerprint density at radius 2 is 1.97 bits per heavy atom. The molecule has 10 heteroatoms. The van der Waals surface area contributed by atoms with Gasteiger partial charge in [0.1, 0.15) is 30.7 Å². The number of aliphatic hydroxyl groups excluding tert-OH is 1. The first-order valence-electron chi connectivity index (χ1n) is 9.74. The van der Waals surface area contributed by atoms with Crippen LogP contribution < -0.4 is 20.1 Å². The average molecular weight is 461 g/mol. The molecule has 3 rings (SSSR count). The fourth-order valence-electron chi connectivity index (χ4n) is 3.30. The number of carbonyl (C=O) groups excluding carboxylic acids is 2. The van der Waals surface area contributed by atoms with Gasteiger partial charge in [-0.25, -0.2) is 4.79 Å². The molecule has 1 aliphatic rings. The molecule has 3 N–H and O–H groups in total. The van der Waals surface area contributed by atoms with Crippen LogP contribution in [-0.4, -0.2) is 60.9 Å². The van der Waals surface area contributed by atoms with Crippen molar-refractivity contribution >= 4 is 30.0 Å². The second-order valence-corrected chi connectivity index (χ2v) is 7.14. The first kappa shape index (κ1) is 24.9. The van der Waals surface area contributed by atoms with Crippen LogP contribution in [0.1, 0.15) is 12.0 Å². The van der Waals surface area contributed by atoms with E-state index in [2.05, 4.69) is 0 Å². The summed E-state index contributed by atoms with van der Waals surface area (Å²) in [6.45, 7) is -0.177. The lowest BCUT2D eigenvalue weighted by molar-refractivity contribution is -0.125. The lowest BCUT2D eigenvalue weighted by Gasteiger charge is -2.22. The Labute approximate surface area is 192 Å². The van der Waals surface area contributed by atoms with Gasteiger partial charge in [-0.15, -0.1) is 12.4 Å². The van der Waals surface area contributed by atoms with Crippen LogP contribution >= 0.6 is 12.4 Å². The molecule has 0 saturated carbocycles. The highest BCUT2D eigenvalue weighted by Crippen LogP contribution is 2.25. The van der Waals surface area contributed by atoms with Crippen LogP contribution in [0.25, 0.3) is 0 Å². The number of carbonyl (C=O) groups is 2. The zero-order valence-electron chi connectivity index (χ0n) is 17.5. The Morgan fingerprint density at radius 1 is 1.22 bits per heavy atom. The number of urea groups is 1. The van der Waals surface area contributed by atoms with Crippen LogP contribution in [0, 0.1) is 11.3 Å². The number of methoxy groups -OCH3 is 1. The molecule has 0 bridgehead atoms. The molecule has 0 radical (unpaired) electrons. The summed E-state index contributed by atoms with van der Waals surface area (Å²) in [7, 11) is 1.52. The Morgan fingerprint density at radius 3 is 2.69 bits per heavy atom. The van der Waals surface area contributed by atoms with Gasteiger partial charge in [-0.1, -0.05) is 18.2 Å². The zero-order valence-corrected chi connectivity index (χ0v) is 18.3.